The van der Waals surface area contributed by atoms with Gasteiger partial charge in [-0.15, -0.1) is 0 Å². The van der Waals surface area contributed by atoms with Crippen molar-refractivity contribution >= 4 is 27.4 Å². The molecule has 0 saturated carbocycles. The third-order valence-corrected chi connectivity index (χ3v) is 11.7. The average molecular weight is 759 g/mol. The number of para-hydroxylation sites is 1. The molecule has 0 aliphatic carbocycles. The highest BCUT2D eigenvalue weighted by atomic mass is 15.0. The Kier molecular flexibility index (Phi) is 8.83. The third-order valence-electron chi connectivity index (χ3n) is 11.7. The second-order valence-electron chi connectivity index (χ2n) is 15.8. The van der Waals surface area contributed by atoms with E-state index in [1.807, 2.05) is 43.4 Å². The van der Waals surface area contributed by atoms with E-state index < -0.39 is 0 Å². The van der Waals surface area contributed by atoms with E-state index in [9.17, 15) is 0 Å². The van der Waals surface area contributed by atoms with Crippen molar-refractivity contribution in [1.82, 2.24) is 19.5 Å². The van der Waals surface area contributed by atoms with E-state index in [2.05, 4.69) is 171 Å². The Bertz CT molecular complexity index is 3080. The largest absolute Gasteiger partial charge is 0.309 e. The predicted octanol–water partition coefficient (Wildman–Crippen LogP) is 14.1. The first-order chi connectivity index (χ1) is 28.9. The van der Waals surface area contributed by atoms with Crippen molar-refractivity contribution in [3.63, 3.8) is 0 Å². The normalized spacial score (nSPS) is 13.2. The lowest BCUT2D eigenvalue weighted by Gasteiger charge is -2.35. The fourth-order valence-electron chi connectivity index (χ4n) is 8.66. The summed E-state index contributed by atoms with van der Waals surface area (Å²) in [7, 11) is 0. The molecule has 0 amide bonds. The summed E-state index contributed by atoms with van der Waals surface area (Å²) in [6.45, 7) is 10.5. The van der Waals surface area contributed by atoms with Crippen molar-refractivity contribution in [2.45, 2.75) is 26.2 Å². The molecule has 10 rings (SSSR count). The summed E-state index contributed by atoms with van der Waals surface area (Å²) in [5.41, 5.74) is 15.7. The van der Waals surface area contributed by atoms with Gasteiger partial charge >= 0.3 is 0 Å². The number of hydrogen-bond donors (Lipinski definition) is 0. The number of rotatable bonds is 8. The van der Waals surface area contributed by atoms with E-state index >= 15 is 0 Å². The molecule has 0 spiro atoms. The summed E-state index contributed by atoms with van der Waals surface area (Å²) in [5.74, 6) is 1.92. The maximum atomic E-state index is 5.18. The van der Waals surface area contributed by atoms with Crippen molar-refractivity contribution in [3.05, 3.63) is 212 Å². The van der Waals surface area contributed by atoms with Crippen LogP contribution in [0.25, 0.3) is 89.2 Å². The molecule has 0 bridgehead atoms. The second kappa shape index (κ2) is 14.5. The van der Waals surface area contributed by atoms with Gasteiger partial charge in [-0.3, -0.25) is 0 Å². The summed E-state index contributed by atoms with van der Waals surface area (Å²) in [4.78, 5) is 15.3. The molecule has 1 aliphatic rings. The van der Waals surface area contributed by atoms with Crippen LogP contribution < -0.4 is 0 Å². The molecule has 0 saturated heterocycles. The molecule has 9 aromatic rings. The predicted molar refractivity (Wildman–Crippen MR) is 246 cm³/mol. The van der Waals surface area contributed by atoms with Crippen LogP contribution in [0.3, 0.4) is 0 Å². The SMILES string of the molecule is C=C/C=C\C=C(/C)c1nc(-c2ccccc2)nc(-c2cc3c4c(c2)c2cc(-c5cc(-c6ccccc6)cc(-c6ccccc6)c5)ccc2n4-c2ccccc2C3(C)C)n1. The van der Waals surface area contributed by atoms with Gasteiger partial charge in [-0.25, -0.2) is 15.0 Å². The third kappa shape index (κ3) is 6.30. The number of benzene rings is 7. The summed E-state index contributed by atoms with van der Waals surface area (Å²) in [5, 5.41) is 2.35. The van der Waals surface area contributed by atoms with Gasteiger partial charge in [-0.2, -0.15) is 0 Å². The van der Waals surface area contributed by atoms with E-state index in [4.69, 9.17) is 15.0 Å². The quantitative estimate of drug-likeness (QED) is 0.145. The first-order valence-corrected chi connectivity index (χ1v) is 20.1. The number of nitrogens with zero attached hydrogens (tertiary/aromatic N) is 4. The minimum Gasteiger partial charge on any atom is -0.309 e. The number of hydrogen-bond acceptors (Lipinski definition) is 3. The molecule has 0 atom stereocenters. The van der Waals surface area contributed by atoms with Crippen LogP contribution in [0.4, 0.5) is 0 Å². The van der Waals surface area contributed by atoms with Crippen LogP contribution in [0.1, 0.15) is 37.7 Å². The molecule has 4 nitrogen and oxygen atoms in total. The first-order valence-electron chi connectivity index (χ1n) is 20.1. The molecule has 59 heavy (non-hydrogen) atoms. The summed E-state index contributed by atoms with van der Waals surface area (Å²) >= 11 is 0. The van der Waals surface area contributed by atoms with Gasteiger partial charge in [0.25, 0.3) is 0 Å². The molecule has 282 valence electrons. The van der Waals surface area contributed by atoms with Gasteiger partial charge in [0, 0.05) is 27.3 Å². The number of fused-ring (bicyclic) bond motifs is 5. The highest BCUT2D eigenvalue weighted by Gasteiger charge is 2.36. The monoisotopic (exact) mass is 758 g/mol. The molecule has 2 aromatic heterocycles. The Morgan fingerprint density at radius 2 is 1.07 bits per heavy atom. The van der Waals surface area contributed by atoms with Gasteiger partial charge < -0.3 is 4.57 Å². The second-order valence-corrected chi connectivity index (χ2v) is 15.8. The van der Waals surface area contributed by atoms with Crippen LogP contribution >= 0.6 is 0 Å². The molecule has 0 N–H and O–H groups in total. The molecular weight excluding hydrogens is 717 g/mol. The molecule has 3 heterocycles. The van der Waals surface area contributed by atoms with Crippen LogP contribution in [0.5, 0.6) is 0 Å². The standard InChI is InChI=1S/C55H42N4/c1-5-6-10-19-36(2)52-56-53(39-24-15-9-16-25-39)58-54(57-52)44-34-46-45-33-40(28-29-49(45)59-50-27-18-17-26-47(50)55(3,4)48(35-44)51(46)59)43-31-41(37-20-11-7-12-21-37)30-42(32-43)38-22-13-8-14-23-38/h5-35H,1H2,2-4H3/b10-6-,36-19+. The van der Waals surface area contributed by atoms with Gasteiger partial charge in [-0.1, -0.05) is 160 Å². The van der Waals surface area contributed by atoms with Crippen LogP contribution in [0.15, 0.2) is 195 Å². The maximum Gasteiger partial charge on any atom is 0.164 e. The number of allylic oxidation sites excluding steroid dienone is 5. The molecule has 4 heteroatoms. The molecule has 0 radical (unpaired) electrons. The Balaban J connectivity index is 1.24. The van der Waals surface area contributed by atoms with Crippen LogP contribution in [0, 0.1) is 0 Å². The van der Waals surface area contributed by atoms with Gasteiger partial charge in [-0.05, 0) is 106 Å². The smallest absolute Gasteiger partial charge is 0.164 e. The van der Waals surface area contributed by atoms with E-state index in [-0.39, 0.29) is 5.41 Å². The van der Waals surface area contributed by atoms with E-state index in [1.165, 1.54) is 66.4 Å². The van der Waals surface area contributed by atoms with Crippen molar-refractivity contribution in [1.29, 1.82) is 0 Å². The Morgan fingerprint density at radius 3 is 1.71 bits per heavy atom. The van der Waals surface area contributed by atoms with E-state index in [0.29, 0.717) is 17.5 Å². The summed E-state index contributed by atoms with van der Waals surface area (Å²) < 4.78 is 2.47. The highest BCUT2D eigenvalue weighted by Crippen LogP contribution is 2.49. The van der Waals surface area contributed by atoms with Crippen LogP contribution in [-0.4, -0.2) is 19.5 Å². The average Bonchev–Trinajstić information content (AvgIpc) is 3.62. The zero-order chi connectivity index (χ0) is 40.1. The van der Waals surface area contributed by atoms with Crippen molar-refractivity contribution in [2.24, 2.45) is 0 Å². The maximum absolute atomic E-state index is 5.18. The topological polar surface area (TPSA) is 43.6 Å². The van der Waals surface area contributed by atoms with Crippen LogP contribution in [-0.2, 0) is 5.41 Å². The van der Waals surface area contributed by atoms with E-state index in [1.54, 1.807) is 6.08 Å². The van der Waals surface area contributed by atoms with Gasteiger partial charge in [0.15, 0.2) is 17.5 Å². The lowest BCUT2D eigenvalue weighted by atomic mass is 9.74. The molecule has 0 fully saturated rings. The number of aromatic nitrogens is 4. The Hall–Kier alpha value is -7.43. The van der Waals surface area contributed by atoms with Gasteiger partial charge in [0.05, 0.1) is 16.7 Å². The van der Waals surface area contributed by atoms with Crippen molar-refractivity contribution in [2.75, 3.05) is 0 Å². The molecule has 1 aliphatic heterocycles. The molecule has 0 unspecified atom stereocenters. The van der Waals surface area contributed by atoms with Gasteiger partial charge in [0.1, 0.15) is 0 Å². The van der Waals surface area contributed by atoms with Crippen LogP contribution in [0.2, 0.25) is 0 Å². The molecule has 7 aromatic carbocycles. The molecular formula is C55H42N4. The fourth-order valence-corrected chi connectivity index (χ4v) is 8.66. The van der Waals surface area contributed by atoms with E-state index in [0.717, 1.165) is 22.3 Å². The summed E-state index contributed by atoms with van der Waals surface area (Å²) in [6.07, 6.45) is 7.66. The van der Waals surface area contributed by atoms with Crippen molar-refractivity contribution in [3.8, 4) is 61.8 Å². The minimum absolute atomic E-state index is 0.296. The lowest BCUT2D eigenvalue weighted by molar-refractivity contribution is 0.630. The zero-order valence-corrected chi connectivity index (χ0v) is 33.4. The summed E-state index contributed by atoms with van der Waals surface area (Å²) in [6, 6.07) is 58.9. The lowest BCUT2D eigenvalue weighted by Crippen LogP contribution is -2.26. The minimum atomic E-state index is -0.296. The zero-order valence-electron chi connectivity index (χ0n) is 33.4. The first kappa shape index (κ1) is 35.9. The van der Waals surface area contributed by atoms with Crippen molar-refractivity contribution < 1.29 is 0 Å². The Labute approximate surface area is 345 Å². The Morgan fingerprint density at radius 1 is 0.508 bits per heavy atom. The highest BCUT2D eigenvalue weighted by molar-refractivity contribution is 6.14. The fraction of sp³-hybridized carbons (Fsp3) is 0.0727. The van der Waals surface area contributed by atoms with Gasteiger partial charge in [0.2, 0.25) is 0 Å².